The summed E-state index contributed by atoms with van der Waals surface area (Å²) in [6, 6.07) is 10.3. The van der Waals surface area contributed by atoms with Crippen LogP contribution in [-0.2, 0) is 9.53 Å². The van der Waals surface area contributed by atoms with Crippen molar-refractivity contribution < 1.29 is 9.53 Å². The van der Waals surface area contributed by atoms with E-state index in [0.717, 1.165) is 0 Å². The van der Waals surface area contributed by atoms with Crippen molar-refractivity contribution in [2.75, 3.05) is 0 Å². The lowest BCUT2D eigenvalue weighted by Crippen LogP contribution is -2.33. The molecule has 0 N–H and O–H groups in total. The average molecular weight is 308 g/mol. The molecule has 118 valence electrons. The Labute approximate surface area is 133 Å². The molecule has 0 saturated carbocycles. The van der Waals surface area contributed by atoms with E-state index >= 15 is 0 Å². The molecular weight excluding hydrogens is 280 g/mol. The predicted octanol–water partition coefficient (Wildman–Crippen LogP) is 4.97. The van der Waals surface area contributed by atoms with Crippen LogP contribution in [0.5, 0.6) is 0 Å². The molecule has 0 aromatic heterocycles. The Balaban J connectivity index is 2.74. The molecular formula is C18H28O2S. The highest BCUT2D eigenvalue weighted by molar-refractivity contribution is 8.00. The van der Waals surface area contributed by atoms with Crippen molar-refractivity contribution in [3.05, 3.63) is 30.3 Å². The Morgan fingerprint density at radius 3 is 2.19 bits per heavy atom. The second-order valence-corrected chi connectivity index (χ2v) is 8.19. The Morgan fingerprint density at radius 1 is 1.14 bits per heavy atom. The van der Waals surface area contributed by atoms with Crippen LogP contribution >= 0.6 is 11.8 Å². The third-order valence-corrected chi connectivity index (χ3v) is 4.48. The van der Waals surface area contributed by atoms with Crippen molar-refractivity contribution in [2.24, 2.45) is 5.41 Å². The molecule has 2 nitrogen and oxygen atoms in total. The van der Waals surface area contributed by atoms with E-state index in [-0.39, 0.29) is 28.7 Å². The summed E-state index contributed by atoms with van der Waals surface area (Å²) in [5, 5.41) is 0.237. The maximum absolute atomic E-state index is 12.3. The van der Waals surface area contributed by atoms with Crippen molar-refractivity contribution in [1.29, 1.82) is 0 Å². The molecule has 21 heavy (non-hydrogen) atoms. The van der Waals surface area contributed by atoms with E-state index in [1.54, 1.807) is 11.8 Å². The normalized spacial score (nSPS) is 15.0. The van der Waals surface area contributed by atoms with E-state index in [4.69, 9.17) is 4.74 Å². The quantitative estimate of drug-likeness (QED) is 0.665. The zero-order chi connectivity index (χ0) is 16.0. The number of hydrogen-bond donors (Lipinski definition) is 0. The molecule has 1 rings (SSSR count). The van der Waals surface area contributed by atoms with E-state index in [9.17, 15) is 4.79 Å². The van der Waals surface area contributed by atoms with E-state index in [1.165, 1.54) is 4.90 Å². The van der Waals surface area contributed by atoms with Gasteiger partial charge in [0.25, 0.3) is 0 Å². The van der Waals surface area contributed by atoms with E-state index in [0.29, 0.717) is 6.42 Å². The third kappa shape index (κ3) is 6.66. The van der Waals surface area contributed by atoms with Gasteiger partial charge in [-0.1, -0.05) is 45.9 Å². The fourth-order valence-electron chi connectivity index (χ4n) is 1.95. The number of rotatable bonds is 7. The summed E-state index contributed by atoms with van der Waals surface area (Å²) < 4.78 is 6.01. The molecule has 0 radical (unpaired) electrons. The lowest BCUT2D eigenvalue weighted by molar-refractivity contribution is -0.130. The Morgan fingerprint density at radius 2 is 1.71 bits per heavy atom. The average Bonchev–Trinajstić information content (AvgIpc) is 2.37. The minimum atomic E-state index is -0.310. The molecule has 0 bridgehead atoms. The van der Waals surface area contributed by atoms with Gasteiger partial charge in [0, 0.05) is 22.0 Å². The molecule has 2 unspecified atom stereocenters. The number of ether oxygens (including phenoxy) is 1. The number of Topliss-reactive ketones (excluding diaryl/α,β-unsaturated/α-hetero) is 1. The summed E-state index contributed by atoms with van der Waals surface area (Å²) in [6.45, 7) is 12.1. The lowest BCUT2D eigenvalue weighted by Gasteiger charge is -2.28. The number of thioether (sulfide) groups is 1. The molecule has 0 aliphatic rings. The smallest absolute Gasteiger partial charge is 0.140 e. The highest BCUT2D eigenvalue weighted by Gasteiger charge is 2.29. The fraction of sp³-hybridized carbons (Fsp3) is 0.611. The first-order chi connectivity index (χ1) is 9.70. The van der Waals surface area contributed by atoms with Gasteiger partial charge in [0.1, 0.15) is 5.78 Å². The number of benzene rings is 1. The fourth-order valence-corrected chi connectivity index (χ4v) is 3.01. The van der Waals surface area contributed by atoms with Crippen LogP contribution in [-0.4, -0.2) is 23.2 Å². The maximum Gasteiger partial charge on any atom is 0.140 e. The monoisotopic (exact) mass is 308 g/mol. The SMILES string of the molecule is CC(C)OC(CC(=O)C(C)(C)C)C(C)Sc1ccccc1. The first-order valence-corrected chi connectivity index (χ1v) is 8.48. The van der Waals surface area contributed by atoms with Crippen LogP contribution in [0.3, 0.4) is 0 Å². The number of carbonyl (C=O) groups excluding carboxylic acids is 1. The summed E-state index contributed by atoms with van der Waals surface area (Å²) in [7, 11) is 0. The zero-order valence-corrected chi connectivity index (χ0v) is 14.9. The molecule has 3 heteroatoms. The number of carbonyl (C=O) groups is 1. The van der Waals surface area contributed by atoms with Gasteiger partial charge in [0.15, 0.2) is 0 Å². The van der Waals surface area contributed by atoms with Crippen LogP contribution in [0.15, 0.2) is 35.2 Å². The number of hydrogen-bond acceptors (Lipinski definition) is 3. The molecule has 2 atom stereocenters. The van der Waals surface area contributed by atoms with Gasteiger partial charge in [0.05, 0.1) is 12.2 Å². The Hall–Kier alpha value is -0.800. The second kappa shape index (κ2) is 8.00. The van der Waals surface area contributed by atoms with E-state index in [1.807, 2.05) is 52.8 Å². The summed E-state index contributed by atoms with van der Waals surface area (Å²) in [4.78, 5) is 13.5. The van der Waals surface area contributed by atoms with Crippen molar-refractivity contribution in [3.63, 3.8) is 0 Å². The van der Waals surface area contributed by atoms with Crippen LogP contribution in [0.25, 0.3) is 0 Å². The largest absolute Gasteiger partial charge is 0.374 e. The van der Waals surface area contributed by atoms with Crippen LogP contribution in [0, 0.1) is 5.41 Å². The maximum atomic E-state index is 12.3. The van der Waals surface area contributed by atoms with Crippen LogP contribution < -0.4 is 0 Å². The Bertz CT molecular complexity index is 434. The first-order valence-electron chi connectivity index (χ1n) is 7.60. The van der Waals surface area contributed by atoms with Gasteiger partial charge in [-0.25, -0.2) is 0 Å². The summed E-state index contributed by atoms with van der Waals surface area (Å²) in [6.07, 6.45) is 0.548. The molecule has 1 aromatic rings. The van der Waals surface area contributed by atoms with Gasteiger partial charge >= 0.3 is 0 Å². The van der Waals surface area contributed by atoms with Crippen LogP contribution in [0.2, 0.25) is 0 Å². The highest BCUT2D eigenvalue weighted by atomic mass is 32.2. The summed E-state index contributed by atoms with van der Waals surface area (Å²) in [5.41, 5.74) is -0.310. The third-order valence-electron chi connectivity index (χ3n) is 3.26. The number of ketones is 1. The van der Waals surface area contributed by atoms with Gasteiger partial charge in [-0.15, -0.1) is 11.8 Å². The van der Waals surface area contributed by atoms with Gasteiger partial charge < -0.3 is 4.74 Å². The lowest BCUT2D eigenvalue weighted by atomic mass is 9.87. The van der Waals surface area contributed by atoms with E-state index in [2.05, 4.69) is 19.1 Å². The summed E-state index contributed by atoms with van der Waals surface area (Å²) in [5.74, 6) is 0.258. The van der Waals surface area contributed by atoms with Crippen LogP contribution in [0.4, 0.5) is 0 Å². The topological polar surface area (TPSA) is 26.3 Å². The zero-order valence-electron chi connectivity index (χ0n) is 14.1. The van der Waals surface area contributed by atoms with Crippen molar-refractivity contribution >= 4 is 17.5 Å². The second-order valence-electron chi connectivity index (χ2n) is 6.74. The van der Waals surface area contributed by atoms with Crippen molar-refractivity contribution in [2.45, 2.75) is 70.3 Å². The molecule has 0 saturated heterocycles. The van der Waals surface area contributed by atoms with Gasteiger partial charge in [-0.3, -0.25) is 4.79 Å². The minimum absolute atomic E-state index is 0.0538. The molecule has 0 aliphatic carbocycles. The highest BCUT2D eigenvalue weighted by Crippen LogP contribution is 2.30. The molecule has 0 spiro atoms. The van der Waals surface area contributed by atoms with E-state index < -0.39 is 0 Å². The van der Waals surface area contributed by atoms with Crippen molar-refractivity contribution in [1.82, 2.24) is 0 Å². The minimum Gasteiger partial charge on any atom is -0.374 e. The van der Waals surface area contributed by atoms with Crippen LogP contribution in [0.1, 0.15) is 48.0 Å². The molecule has 0 heterocycles. The Kier molecular flexibility index (Phi) is 6.95. The molecule has 0 aliphatic heterocycles. The standard InChI is InChI=1S/C18H28O2S/c1-13(2)20-16(12-17(19)18(4,5)6)14(3)21-15-10-8-7-9-11-15/h7-11,13-14,16H,12H2,1-6H3. The molecule has 0 amide bonds. The molecule has 0 fully saturated rings. The molecule has 1 aromatic carbocycles. The first kappa shape index (κ1) is 18.2. The van der Waals surface area contributed by atoms with Gasteiger partial charge in [0.2, 0.25) is 0 Å². The van der Waals surface area contributed by atoms with Gasteiger partial charge in [-0.2, -0.15) is 0 Å². The summed E-state index contributed by atoms with van der Waals surface area (Å²) >= 11 is 1.77. The van der Waals surface area contributed by atoms with Gasteiger partial charge in [-0.05, 0) is 26.0 Å². The predicted molar refractivity (Wildman–Crippen MR) is 90.8 cm³/mol. The van der Waals surface area contributed by atoms with Crippen molar-refractivity contribution in [3.8, 4) is 0 Å².